The van der Waals surface area contributed by atoms with Crippen molar-refractivity contribution in [2.45, 2.75) is 31.3 Å². The Morgan fingerprint density at radius 2 is 1.56 bits per heavy atom. The van der Waals surface area contributed by atoms with Gasteiger partial charge in [-0.2, -0.15) is 13.2 Å². The van der Waals surface area contributed by atoms with Crippen LogP contribution in [0.2, 0.25) is 0 Å². The van der Waals surface area contributed by atoms with Gasteiger partial charge >= 0.3 is 6.18 Å². The molecule has 0 atom stereocenters. The molecule has 0 rings (SSSR count). The third kappa shape index (κ3) is 8.08. The van der Waals surface area contributed by atoms with Gasteiger partial charge in [-0.1, -0.05) is 0 Å². The Bertz CT molecular complexity index is 77.4. The Morgan fingerprint density at radius 3 is 1.56 bits per heavy atom. The number of halogens is 4. The summed E-state index contributed by atoms with van der Waals surface area (Å²) in [7, 11) is 0. The maximum absolute atomic E-state index is 11.5. The lowest BCUT2D eigenvalue weighted by atomic mass is 10.1. The highest BCUT2D eigenvalue weighted by Gasteiger charge is 2.34. The smallest absolute Gasteiger partial charge is 0.171 e. The Labute approximate surface area is 57.0 Å². The SMILES string of the molecule is CC(C)(Cl)CC(F)(F)F. The van der Waals surface area contributed by atoms with Crippen LogP contribution >= 0.6 is 11.6 Å². The molecule has 0 aliphatic carbocycles. The molecule has 0 saturated heterocycles. The van der Waals surface area contributed by atoms with Crippen LogP contribution in [0, 0.1) is 0 Å². The Kier molecular flexibility index (Phi) is 2.39. The zero-order chi connectivity index (χ0) is 7.71. The largest absolute Gasteiger partial charge is 0.390 e. The molecule has 9 heavy (non-hydrogen) atoms. The Morgan fingerprint density at radius 1 is 1.22 bits per heavy atom. The van der Waals surface area contributed by atoms with Gasteiger partial charge in [0, 0.05) is 4.87 Å². The van der Waals surface area contributed by atoms with E-state index in [9.17, 15) is 13.2 Å². The highest BCUT2D eigenvalue weighted by atomic mass is 35.5. The molecule has 0 saturated carbocycles. The van der Waals surface area contributed by atoms with Crippen LogP contribution in [0.4, 0.5) is 13.2 Å². The quantitative estimate of drug-likeness (QED) is 0.518. The lowest BCUT2D eigenvalue weighted by Gasteiger charge is -2.16. The number of hydrogen-bond donors (Lipinski definition) is 0. The summed E-state index contributed by atoms with van der Waals surface area (Å²) in [5.74, 6) is 0. The van der Waals surface area contributed by atoms with Crippen molar-refractivity contribution in [3.05, 3.63) is 0 Å². The normalized spacial score (nSPS) is 14.0. The van der Waals surface area contributed by atoms with Gasteiger partial charge in [-0.15, -0.1) is 11.6 Å². The molecule has 0 aromatic heterocycles. The van der Waals surface area contributed by atoms with E-state index in [0.717, 1.165) is 0 Å². The van der Waals surface area contributed by atoms with Crippen molar-refractivity contribution in [2.24, 2.45) is 0 Å². The molecular weight excluding hydrogens is 153 g/mol. The summed E-state index contributed by atoms with van der Waals surface area (Å²) in [6.45, 7) is 2.67. The van der Waals surface area contributed by atoms with E-state index in [1.165, 1.54) is 13.8 Å². The first-order valence-corrected chi connectivity index (χ1v) is 2.84. The zero-order valence-corrected chi connectivity index (χ0v) is 5.97. The lowest BCUT2D eigenvalue weighted by Crippen LogP contribution is -2.22. The summed E-state index contributed by atoms with van der Waals surface area (Å²) in [6.07, 6.45) is -5.09. The van der Waals surface area contributed by atoms with Crippen LogP contribution in [0.15, 0.2) is 0 Å². The predicted octanol–water partition coefficient (Wildman–Crippen LogP) is 2.96. The summed E-state index contributed by atoms with van der Waals surface area (Å²) < 4.78 is 34.4. The van der Waals surface area contributed by atoms with Crippen LogP contribution in [0.25, 0.3) is 0 Å². The van der Waals surface area contributed by atoms with Crippen molar-refractivity contribution in [3.63, 3.8) is 0 Å². The summed E-state index contributed by atoms with van der Waals surface area (Å²) in [5.41, 5.74) is 0. The fourth-order valence-corrected chi connectivity index (χ4v) is 0.628. The second-order valence-corrected chi connectivity index (χ2v) is 3.53. The maximum atomic E-state index is 11.5. The molecular formula is C5H8ClF3. The monoisotopic (exact) mass is 160 g/mol. The van der Waals surface area contributed by atoms with Gasteiger partial charge in [0.2, 0.25) is 0 Å². The average Bonchev–Trinajstić information content (AvgIpc) is 1.14. The van der Waals surface area contributed by atoms with E-state index in [1.54, 1.807) is 0 Å². The number of alkyl halides is 4. The van der Waals surface area contributed by atoms with Crippen LogP contribution in [0.3, 0.4) is 0 Å². The van der Waals surface area contributed by atoms with Gasteiger partial charge in [0.05, 0.1) is 6.42 Å². The van der Waals surface area contributed by atoms with Crippen LogP contribution in [-0.4, -0.2) is 11.1 Å². The summed E-state index contributed by atoms with van der Waals surface area (Å²) in [6, 6.07) is 0. The lowest BCUT2D eigenvalue weighted by molar-refractivity contribution is -0.139. The fourth-order valence-electron chi connectivity index (χ4n) is 0.477. The molecule has 0 aromatic rings. The molecule has 0 nitrogen and oxygen atoms in total. The first-order chi connectivity index (χ1) is 3.71. The highest BCUT2D eigenvalue weighted by molar-refractivity contribution is 6.23. The van der Waals surface area contributed by atoms with Gasteiger partial charge in [0.1, 0.15) is 0 Å². The summed E-state index contributed by atoms with van der Waals surface area (Å²) >= 11 is 5.30. The molecule has 4 heteroatoms. The van der Waals surface area contributed by atoms with E-state index in [-0.39, 0.29) is 0 Å². The molecule has 0 aliphatic rings. The van der Waals surface area contributed by atoms with Crippen LogP contribution in [0.5, 0.6) is 0 Å². The van der Waals surface area contributed by atoms with E-state index in [4.69, 9.17) is 11.6 Å². The molecule has 56 valence electrons. The second-order valence-electron chi connectivity index (χ2n) is 2.51. The molecule has 0 N–H and O–H groups in total. The minimum Gasteiger partial charge on any atom is -0.171 e. The molecule has 0 amide bonds. The minimum atomic E-state index is -4.15. The fraction of sp³-hybridized carbons (Fsp3) is 1.00. The summed E-state index contributed by atoms with van der Waals surface area (Å²) in [4.78, 5) is -1.17. The van der Waals surface area contributed by atoms with E-state index in [1.807, 2.05) is 0 Å². The average molecular weight is 161 g/mol. The zero-order valence-electron chi connectivity index (χ0n) is 5.22. The molecule has 0 unspecified atom stereocenters. The maximum Gasteiger partial charge on any atom is 0.390 e. The van der Waals surface area contributed by atoms with Gasteiger partial charge < -0.3 is 0 Å². The molecule has 0 heterocycles. The molecule has 0 aliphatic heterocycles. The molecule has 0 bridgehead atoms. The first kappa shape index (κ1) is 9.08. The molecule has 0 spiro atoms. The summed E-state index contributed by atoms with van der Waals surface area (Å²) in [5, 5.41) is 0. The van der Waals surface area contributed by atoms with Gasteiger partial charge in [0.25, 0.3) is 0 Å². The third-order valence-electron chi connectivity index (χ3n) is 0.621. The molecule has 0 fully saturated rings. The van der Waals surface area contributed by atoms with Crippen LogP contribution < -0.4 is 0 Å². The number of hydrogen-bond acceptors (Lipinski definition) is 0. The number of rotatable bonds is 1. The van der Waals surface area contributed by atoms with Gasteiger partial charge in [-0.3, -0.25) is 0 Å². The molecule has 0 aromatic carbocycles. The van der Waals surface area contributed by atoms with E-state index in [0.29, 0.717) is 0 Å². The van der Waals surface area contributed by atoms with Crippen molar-refractivity contribution in [3.8, 4) is 0 Å². The van der Waals surface area contributed by atoms with Crippen molar-refractivity contribution >= 4 is 11.6 Å². The van der Waals surface area contributed by atoms with E-state index in [2.05, 4.69) is 0 Å². The van der Waals surface area contributed by atoms with Crippen molar-refractivity contribution in [1.29, 1.82) is 0 Å². The van der Waals surface area contributed by atoms with Crippen LogP contribution in [-0.2, 0) is 0 Å². The van der Waals surface area contributed by atoms with E-state index >= 15 is 0 Å². The van der Waals surface area contributed by atoms with Gasteiger partial charge in [0.15, 0.2) is 0 Å². The van der Waals surface area contributed by atoms with Crippen molar-refractivity contribution < 1.29 is 13.2 Å². The first-order valence-electron chi connectivity index (χ1n) is 2.46. The van der Waals surface area contributed by atoms with Crippen molar-refractivity contribution in [2.75, 3.05) is 0 Å². The topological polar surface area (TPSA) is 0 Å². The third-order valence-corrected chi connectivity index (χ3v) is 0.754. The van der Waals surface area contributed by atoms with Crippen LogP contribution in [0.1, 0.15) is 20.3 Å². The Hall–Kier alpha value is 0.0800. The minimum absolute atomic E-state index is 0.943. The Balaban J connectivity index is 3.75. The standard InChI is InChI=1S/C5H8ClF3/c1-4(2,6)3-5(7,8)9/h3H2,1-2H3. The highest BCUT2D eigenvalue weighted by Crippen LogP contribution is 2.30. The van der Waals surface area contributed by atoms with Crippen molar-refractivity contribution in [1.82, 2.24) is 0 Å². The predicted molar refractivity (Wildman–Crippen MR) is 30.6 cm³/mol. The van der Waals surface area contributed by atoms with Gasteiger partial charge in [-0.05, 0) is 13.8 Å². The second kappa shape index (κ2) is 2.37. The molecule has 0 radical (unpaired) electrons. The van der Waals surface area contributed by atoms with E-state index < -0.39 is 17.5 Å². The van der Waals surface area contributed by atoms with Gasteiger partial charge in [-0.25, -0.2) is 0 Å².